The molecule has 1 aliphatic rings. The van der Waals surface area contributed by atoms with Crippen LogP contribution in [0, 0.1) is 0 Å². The number of benzene rings is 1. The van der Waals surface area contributed by atoms with Gasteiger partial charge in [-0.05, 0) is 31.4 Å². The van der Waals surface area contributed by atoms with Gasteiger partial charge in [0, 0.05) is 12.1 Å². The second-order valence-electron chi connectivity index (χ2n) is 4.20. The second kappa shape index (κ2) is 5.12. The molecule has 86 valence electrons. The number of rotatable bonds is 2. The Morgan fingerprint density at radius 1 is 1.31 bits per heavy atom. The number of amides is 1. The number of nitrogens with zero attached hydrogens (tertiary/aromatic N) is 1. The van der Waals surface area contributed by atoms with Crippen LogP contribution in [-0.2, 0) is 0 Å². The van der Waals surface area contributed by atoms with Crippen molar-refractivity contribution < 1.29 is 9.90 Å². The number of hydrogen-bond acceptors (Lipinski definition) is 2. The molecule has 1 N–H and O–H groups in total. The first-order valence-corrected chi connectivity index (χ1v) is 5.80. The summed E-state index contributed by atoms with van der Waals surface area (Å²) in [4.78, 5) is 14.0. The van der Waals surface area contributed by atoms with Gasteiger partial charge >= 0.3 is 0 Å². The van der Waals surface area contributed by atoms with Crippen LogP contribution in [0.25, 0.3) is 0 Å². The van der Waals surface area contributed by atoms with E-state index in [2.05, 4.69) is 0 Å². The van der Waals surface area contributed by atoms with Crippen molar-refractivity contribution in [3.63, 3.8) is 0 Å². The van der Waals surface area contributed by atoms with E-state index in [9.17, 15) is 9.90 Å². The Hall–Kier alpha value is -1.35. The SMILES string of the molecule is O=C(c1ccccc1)N1CCCC[C@@H]1CO. The first-order chi connectivity index (χ1) is 7.83. The highest BCUT2D eigenvalue weighted by atomic mass is 16.3. The molecule has 3 heteroatoms. The van der Waals surface area contributed by atoms with Crippen LogP contribution in [0.15, 0.2) is 30.3 Å². The van der Waals surface area contributed by atoms with Crippen molar-refractivity contribution in [2.24, 2.45) is 0 Å². The third kappa shape index (κ3) is 2.25. The minimum absolute atomic E-state index is 0.00135. The number of aliphatic hydroxyl groups excluding tert-OH is 1. The summed E-state index contributed by atoms with van der Waals surface area (Å²) in [6.45, 7) is 0.831. The Kier molecular flexibility index (Phi) is 3.57. The number of carbonyl (C=O) groups excluding carboxylic acids is 1. The van der Waals surface area contributed by atoms with Crippen molar-refractivity contribution >= 4 is 5.91 Å². The van der Waals surface area contributed by atoms with Gasteiger partial charge in [-0.3, -0.25) is 4.79 Å². The lowest BCUT2D eigenvalue weighted by atomic mass is 10.0. The molecule has 0 aromatic heterocycles. The van der Waals surface area contributed by atoms with Crippen molar-refractivity contribution in [2.45, 2.75) is 25.3 Å². The zero-order chi connectivity index (χ0) is 11.4. The quantitative estimate of drug-likeness (QED) is 0.822. The predicted octanol–water partition coefficient (Wildman–Crippen LogP) is 1.67. The molecule has 0 aliphatic carbocycles. The molecule has 1 fully saturated rings. The average molecular weight is 219 g/mol. The van der Waals surface area contributed by atoms with Gasteiger partial charge in [0.05, 0.1) is 12.6 Å². The number of piperidine rings is 1. The Balaban J connectivity index is 2.14. The molecule has 1 aromatic rings. The van der Waals surface area contributed by atoms with Crippen LogP contribution in [0.3, 0.4) is 0 Å². The molecule has 0 radical (unpaired) electrons. The van der Waals surface area contributed by atoms with Gasteiger partial charge in [-0.1, -0.05) is 18.2 Å². The van der Waals surface area contributed by atoms with Crippen LogP contribution in [0.4, 0.5) is 0 Å². The molecule has 2 rings (SSSR count). The number of hydrogen-bond donors (Lipinski definition) is 1. The van der Waals surface area contributed by atoms with E-state index in [0.717, 1.165) is 25.8 Å². The molecule has 1 atom stereocenters. The Bertz CT molecular complexity index is 350. The van der Waals surface area contributed by atoms with E-state index in [4.69, 9.17) is 0 Å². The maximum absolute atomic E-state index is 12.2. The van der Waals surface area contributed by atoms with Gasteiger partial charge in [0.1, 0.15) is 0 Å². The highest BCUT2D eigenvalue weighted by Crippen LogP contribution is 2.19. The van der Waals surface area contributed by atoms with Crippen molar-refractivity contribution in [3.05, 3.63) is 35.9 Å². The smallest absolute Gasteiger partial charge is 0.254 e. The van der Waals surface area contributed by atoms with Crippen LogP contribution >= 0.6 is 0 Å². The predicted molar refractivity (Wildman–Crippen MR) is 62.2 cm³/mol. The largest absolute Gasteiger partial charge is 0.394 e. The minimum Gasteiger partial charge on any atom is -0.394 e. The standard InChI is InChI=1S/C13H17NO2/c15-10-12-8-4-5-9-14(12)13(16)11-6-2-1-3-7-11/h1-3,6-7,12,15H,4-5,8-10H2/t12-/m1/s1. The first-order valence-electron chi connectivity index (χ1n) is 5.80. The fourth-order valence-electron chi connectivity index (χ4n) is 2.20. The number of likely N-dealkylation sites (tertiary alicyclic amines) is 1. The zero-order valence-corrected chi connectivity index (χ0v) is 9.30. The van der Waals surface area contributed by atoms with Crippen LogP contribution in [0.1, 0.15) is 29.6 Å². The van der Waals surface area contributed by atoms with Gasteiger partial charge in [-0.2, -0.15) is 0 Å². The monoisotopic (exact) mass is 219 g/mol. The van der Waals surface area contributed by atoms with E-state index in [-0.39, 0.29) is 18.6 Å². The Morgan fingerprint density at radius 3 is 2.75 bits per heavy atom. The van der Waals surface area contributed by atoms with Crippen molar-refractivity contribution in [3.8, 4) is 0 Å². The van der Waals surface area contributed by atoms with Crippen molar-refractivity contribution in [1.82, 2.24) is 4.90 Å². The minimum atomic E-state index is 0.00135. The zero-order valence-electron chi connectivity index (χ0n) is 9.30. The molecule has 1 aliphatic heterocycles. The molecule has 1 amide bonds. The summed E-state index contributed by atoms with van der Waals surface area (Å²) in [5.41, 5.74) is 0.711. The van der Waals surface area contributed by atoms with Gasteiger partial charge in [0.15, 0.2) is 0 Å². The third-order valence-corrected chi connectivity index (χ3v) is 3.12. The molecule has 0 unspecified atom stereocenters. The fourth-order valence-corrected chi connectivity index (χ4v) is 2.20. The third-order valence-electron chi connectivity index (χ3n) is 3.12. The highest BCUT2D eigenvalue weighted by Gasteiger charge is 2.26. The van der Waals surface area contributed by atoms with Gasteiger partial charge in [0.25, 0.3) is 5.91 Å². The molecule has 1 heterocycles. The number of aliphatic hydroxyl groups is 1. The summed E-state index contributed by atoms with van der Waals surface area (Å²) in [6, 6.07) is 9.28. The highest BCUT2D eigenvalue weighted by molar-refractivity contribution is 5.94. The topological polar surface area (TPSA) is 40.5 Å². The number of carbonyl (C=O) groups is 1. The van der Waals surface area contributed by atoms with Gasteiger partial charge in [-0.25, -0.2) is 0 Å². The molecule has 0 bridgehead atoms. The first kappa shape index (κ1) is 11.1. The molecular weight excluding hydrogens is 202 g/mol. The van der Waals surface area contributed by atoms with E-state index in [1.165, 1.54) is 0 Å². The summed E-state index contributed by atoms with van der Waals surface area (Å²) in [5, 5.41) is 9.26. The Labute approximate surface area is 95.7 Å². The van der Waals surface area contributed by atoms with E-state index in [1.807, 2.05) is 30.3 Å². The lowest BCUT2D eigenvalue weighted by molar-refractivity contribution is 0.0503. The van der Waals surface area contributed by atoms with E-state index in [1.54, 1.807) is 4.90 Å². The normalized spacial score (nSPS) is 20.8. The summed E-state index contributed by atoms with van der Waals surface area (Å²) < 4.78 is 0. The summed E-state index contributed by atoms with van der Waals surface area (Å²) in [5.74, 6) is 0.0411. The summed E-state index contributed by atoms with van der Waals surface area (Å²) in [6.07, 6.45) is 3.05. The van der Waals surface area contributed by atoms with Gasteiger partial charge in [-0.15, -0.1) is 0 Å². The van der Waals surface area contributed by atoms with Crippen LogP contribution < -0.4 is 0 Å². The molecule has 3 nitrogen and oxygen atoms in total. The molecular formula is C13H17NO2. The second-order valence-corrected chi connectivity index (χ2v) is 4.20. The summed E-state index contributed by atoms with van der Waals surface area (Å²) >= 11 is 0. The van der Waals surface area contributed by atoms with E-state index < -0.39 is 0 Å². The maximum Gasteiger partial charge on any atom is 0.254 e. The lowest BCUT2D eigenvalue weighted by Crippen LogP contribution is -2.45. The molecule has 0 spiro atoms. The molecule has 1 saturated heterocycles. The van der Waals surface area contributed by atoms with Crippen LogP contribution in [-0.4, -0.2) is 35.1 Å². The van der Waals surface area contributed by atoms with Crippen molar-refractivity contribution in [1.29, 1.82) is 0 Å². The molecule has 0 saturated carbocycles. The summed E-state index contributed by atoms with van der Waals surface area (Å²) in [7, 11) is 0. The van der Waals surface area contributed by atoms with Crippen LogP contribution in [0.5, 0.6) is 0 Å². The fraction of sp³-hybridized carbons (Fsp3) is 0.462. The van der Waals surface area contributed by atoms with Gasteiger partial charge in [0.2, 0.25) is 0 Å². The molecule has 1 aromatic carbocycles. The Morgan fingerprint density at radius 2 is 2.06 bits per heavy atom. The lowest BCUT2D eigenvalue weighted by Gasteiger charge is -2.34. The van der Waals surface area contributed by atoms with Crippen molar-refractivity contribution in [2.75, 3.05) is 13.2 Å². The van der Waals surface area contributed by atoms with E-state index in [0.29, 0.717) is 5.56 Å². The molecule has 16 heavy (non-hydrogen) atoms. The average Bonchev–Trinajstić information content (AvgIpc) is 2.39. The maximum atomic E-state index is 12.2. The van der Waals surface area contributed by atoms with Gasteiger partial charge < -0.3 is 10.0 Å². The van der Waals surface area contributed by atoms with Crippen LogP contribution in [0.2, 0.25) is 0 Å². The van der Waals surface area contributed by atoms with E-state index >= 15 is 0 Å².